The highest BCUT2D eigenvalue weighted by Gasteiger charge is 2.09. The van der Waals surface area contributed by atoms with Crippen molar-refractivity contribution in [2.24, 2.45) is 0 Å². The molecule has 1 rings (SSSR count). The van der Waals surface area contributed by atoms with Gasteiger partial charge in [0.05, 0.1) is 11.3 Å². The molecule has 0 aliphatic heterocycles. The van der Waals surface area contributed by atoms with E-state index in [1.54, 1.807) is 0 Å². The van der Waals surface area contributed by atoms with Gasteiger partial charge in [-0.2, -0.15) is 5.26 Å². The summed E-state index contributed by atoms with van der Waals surface area (Å²) in [5.74, 6) is 0. The smallest absolute Gasteiger partial charge is 0.101 e. The van der Waals surface area contributed by atoms with Crippen LogP contribution in [0.15, 0.2) is 22.7 Å². The van der Waals surface area contributed by atoms with E-state index in [1.807, 2.05) is 18.2 Å². The van der Waals surface area contributed by atoms with Crippen LogP contribution in [0.4, 0.5) is 5.69 Å². The van der Waals surface area contributed by atoms with Crippen molar-refractivity contribution in [1.82, 2.24) is 0 Å². The lowest BCUT2D eigenvalue weighted by Gasteiger charge is -2.24. The standard InChI is InChI=1S/C13H17BrN2/c1-3-5-8-16(4-2)13-9-12(14)7-6-11(13)10-15/h6-7,9H,3-5,8H2,1-2H3. The van der Waals surface area contributed by atoms with Gasteiger partial charge in [-0.25, -0.2) is 0 Å². The summed E-state index contributed by atoms with van der Waals surface area (Å²) in [6.45, 7) is 6.25. The molecule has 0 radical (unpaired) electrons. The molecule has 0 aliphatic rings. The highest BCUT2D eigenvalue weighted by atomic mass is 79.9. The average molecular weight is 281 g/mol. The van der Waals surface area contributed by atoms with Crippen LogP contribution in [-0.4, -0.2) is 13.1 Å². The predicted octanol–water partition coefficient (Wildman–Crippen LogP) is 3.95. The normalized spacial score (nSPS) is 9.88. The molecule has 1 aromatic carbocycles. The van der Waals surface area contributed by atoms with Crippen LogP contribution in [0.3, 0.4) is 0 Å². The van der Waals surface area contributed by atoms with E-state index < -0.39 is 0 Å². The Morgan fingerprint density at radius 1 is 1.38 bits per heavy atom. The van der Waals surface area contributed by atoms with Gasteiger partial charge in [0.25, 0.3) is 0 Å². The van der Waals surface area contributed by atoms with Crippen LogP contribution in [0.2, 0.25) is 0 Å². The molecule has 0 spiro atoms. The number of anilines is 1. The molecule has 0 aliphatic carbocycles. The molecule has 0 heterocycles. The molecule has 0 fully saturated rings. The summed E-state index contributed by atoms with van der Waals surface area (Å²) in [5, 5.41) is 9.09. The lowest BCUT2D eigenvalue weighted by Crippen LogP contribution is -2.24. The Hall–Kier alpha value is -1.01. The number of benzene rings is 1. The third kappa shape index (κ3) is 3.24. The monoisotopic (exact) mass is 280 g/mol. The van der Waals surface area contributed by atoms with Crippen molar-refractivity contribution in [3.05, 3.63) is 28.2 Å². The lowest BCUT2D eigenvalue weighted by molar-refractivity contribution is 0.731. The van der Waals surface area contributed by atoms with Crippen molar-refractivity contribution < 1.29 is 0 Å². The highest BCUT2D eigenvalue weighted by Crippen LogP contribution is 2.24. The molecular formula is C13H17BrN2. The lowest BCUT2D eigenvalue weighted by atomic mass is 10.1. The number of nitrogens with zero attached hydrogens (tertiary/aromatic N) is 2. The van der Waals surface area contributed by atoms with Crippen molar-refractivity contribution in [2.45, 2.75) is 26.7 Å². The van der Waals surface area contributed by atoms with Gasteiger partial charge in [-0.1, -0.05) is 29.3 Å². The number of hydrogen-bond acceptors (Lipinski definition) is 2. The summed E-state index contributed by atoms with van der Waals surface area (Å²) in [6.07, 6.45) is 2.33. The van der Waals surface area contributed by atoms with Gasteiger partial charge in [0.15, 0.2) is 0 Å². The maximum atomic E-state index is 9.09. The van der Waals surface area contributed by atoms with E-state index in [-0.39, 0.29) is 0 Å². The predicted molar refractivity (Wildman–Crippen MR) is 71.7 cm³/mol. The van der Waals surface area contributed by atoms with Gasteiger partial charge in [-0.15, -0.1) is 0 Å². The summed E-state index contributed by atoms with van der Waals surface area (Å²) in [7, 11) is 0. The minimum absolute atomic E-state index is 0.751. The van der Waals surface area contributed by atoms with Gasteiger partial charge < -0.3 is 4.90 Å². The Labute approximate surface area is 106 Å². The van der Waals surface area contributed by atoms with E-state index in [4.69, 9.17) is 5.26 Å². The average Bonchev–Trinajstić information content (AvgIpc) is 2.30. The second kappa shape index (κ2) is 6.55. The van der Waals surface area contributed by atoms with E-state index in [9.17, 15) is 0 Å². The third-order valence-electron chi connectivity index (χ3n) is 2.58. The summed E-state index contributed by atoms with van der Waals surface area (Å²) >= 11 is 3.46. The molecule has 0 saturated carbocycles. The van der Waals surface area contributed by atoms with Gasteiger partial charge in [0, 0.05) is 17.6 Å². The molecule has 1 aromatic rings. The van der Waals surface area contributed by atoms with Crippen LogP contribution in [0.25, 0.3) is 0 Å². The van der Waals surface area contributed by atoms with Crippen LogP contribution in [0, 0.1) is 11.3 Å². The first-order valence-electron chi connectivity index (χ1n) is 5.67. The second-order valence-corrected chi connectivity index (χ2v) is 4.62. The Bertz CT molecular complexity index is 382. The second-order valence-electron chi connectivity index (χ2n) is 3.71. The van der Waals surface area contributed by atoms with Crippen LogP contribution in [0.5, 0.6) is 0 Å². The molecule has 0 amide bonds. The molecule has 0 N–H and O–H groups in total. The van der Waals surface area contributed by atoms with Gasteiger partial charge in [-0.05, 0) is 31.5 Å². The molecule has 0 unspecified atom stereocenters. The van der Waals surface area contributed by atoms with Crippen LogP contribution in [0.1, 0.15) is 32.3 Å². The zero-order valence-electron chi connectivity index (χ0n) is 9.83. The van der Waals surface area contributed by atoms with Gasteiger partial charge >= 0.3 is 0 Å². The molecular weight excluding hydrogens is 264 g/mol. The first kappa shape index (κ1) is 13.1. The summed E-state index contributed by atoms with van der Waals surface area (Å²) in [4.78, 5) is 2.26. The zero-order chi connectivity index (χ0) is 12.0. The van der Waals surface area contributed by atoms with Crippen LogP contribution < -0.4 is 4.90 Å². The fraction of sp³-hybridized carbons (Fsp3) is 0.462. The largest absolute Gasteiger partial charge is 0.371 e. The molecule has 0 atom stereocenters. The third-order valence-corrected chi connectivity index (χ3v) is 3.08. The summed E-state index contributed by atoms with van der Waals surface area (Å²) < 4.78 is 1.02. The molecule has 16 heavy (non-hydrogen) atoms. The zero-order valence-corrected chi connectivity index (χ0v) is 11.4. The summed E-state index contributed by atoms with van der Waals surface area (Å²) in [5.41, 5.74) is 1.79. The number of unbranched alkanes of at least 4 members (excludes halogenated alkanes) is 1. The Kier molecular flexibility index (Phi) is 5.34. The van der Waals surface area contributed by atoms with Crippen molar-refractivity contribution in [3.63, 3.8) is 0 Å². The van der Waals surface area contributed by atoms with Crippen molar-refractivity contribution in [3.8, 4) is 6.07 Å². The van der Waals surface area contributed by atoms with Crippen LogP contribution in [-0.2, 0) is 0 Å². The molecule has 0 bridgehead atoms. The van der Waals surface area contributed by atoms with E-state index in [2.05, 4.69) is 40.7 Å². The van der Waals surface area contributed by atoms with Crippen molar-refractivity contribution in [2.75, 3.05) is 18.0 Å². The number of hydrogen-bond donors (Lipinski definition) is 0. The minimum Gasteiger partial charge on any atom is -0.371 e. The number of nitriles is 1. The Morgan fingerprint density at radius 2 is 2.12 bits per heavy atom. The first-order chi connectivity index (χ1) is 7.72. The SMILES string of the molecule is CCCCN(CC)c1cc(Br)ccc1C#N. The Balaban J connectivity index is 2.98. The molecule has 0 saturated heterocycles. The molecule has 0 aromatic heterocycles. The molecule has 2 nitrogen and oxygen atoms in total. The minimum atomic E-state index is 0.751. The molecule has 3 heteroatoms. The van der Waals surface area contributed by atoms with E-state index in [1.165, 1.54) is 6.42 Å². The maximum absolute atomic E-state index is 9.09. The highest BCUT2D eigenvalue weighted by molar-refractivity contribution is 9.10. The van der Waals surface area contributed by atoms with Crippen LogP contribution >= 0.6 is 15.9 Å². The first-order valence-corrected chi connectivity index (χ1v) is 6.46. The topological polar surface area (TPSA) is 27.0 Å². The van der Waals surface area contributed by atoms with E-state index >= 15 is 0 Å². The quantitative estimate of drug-likeness (QED) is 0.817. The van der Waals surface area contributed by atoms with Crippen molar-refractivity contribution in [1.29, 1.82) is 5.26 Å². The number of rotatable bonds is 5. The summed E-state index contributed by atoms with van der Waals surface area (Å²) in [6, 6.07) is 8.06. The number of halogens is 1. The maximum Gasteiger partial charge on any atom is 0.101 e. The van der Waals surface area contributed by atoms with E-state index in [0.29, 0.717) is 0 Å². The fourth-order valence-electron chi connectivity index (χ4n) is 1.66. The van der Waals surface area contributed by atoms with E-state index in [0.717, 1.165) is 35.2 Å². The van der Waals surface area contributed by atoms with Gasteiger partial charge in [-0.3, -0.25) is 0 Å². The fourth-order valence-corrected chi connectivity index (χ4v) is 2.01. The van der Waals surface area contributed by atoms with Gasteiger partial charge in [0.1, 0.15) is 6.07 Å². The van der Waals surface area contributed by atoms with Crippen molar-refractivity contribution >= 4 is 21.6 Å². The van der Waals surface area contributed by atoms with Gasteiger partial charge in [0.2, 0.25) is 0 Å². The molecule has 86 valence electrons. The Morgan fingerprint density at radius 3 is 2.69 bits per heavy atom.